The smallest absolute Gasteiger partial charge is 0.253 e. The molecule has 0 aliphatic carbocycles. The quantitative estimate of drug-likeness (QED) is 0.505. The van der Waals surface area contributed by atoms with Crippen molar-refractivity contribution in [3.8, 4) is 0 Å². The van der Waals surface area contributed by atoms with E-state index in [0.29, 0.717) is 9.21 Å². The number of benzene rings is 1. The minimum Gasteiger partial charge on any atom is -0.359 e. The number of carbonyl (C=O) groups is 3. The average Bonchev–Trinajstić information content (AvgIpc) is 3.40. The molecule has 3 amide bonds. The van der Waals surface area contributed by atoms with Gasteiger partial charge >= 0.3 is 0 Å². The molecule has 13 heteroatoms. The lowest BCUT2D eigenvalue weighted by Crippen LogP contribution is -2.41. The zero-order valence-electron chi connectivity index (χ0n) is 19.0. The van der Waals surface area contributed by atoms with E-state index in [1.54, 1.807) is 12.1 Å². The van der Waals surface area contributed by atoms with Crippen LogP contribution in [0.3, 0.4) is 0 Å². The summed E-state index contributed by atoms with van der Waals surface area (Å²) >= 11 is 7.04. The van der Waals surface area contributed by atoms with Gasteiger partial charge in [-0.15, -0.1) is 11.3 Å². The van der Waals surface area contributed by atoms with E-state index in [4.69, 9.17) is 11.6 Å². The molecule has 1 fully saturated rings. The molecule has 1 aromatic heterocycles. The van der Waals surface area contributed by atoms with Gasteiger partial charge in [-0.3, -0.25) is 14.4 Å². The Balaban J connectivity index is 1.65. The summed E-state index contributed by atoms with van der Waals surface area (Å²) in [5.74, 6) is -2.09. The van der Waals surface area contributed by atoms with Crippen LogP contribution in [0, 0.1) is 5.82 Å². The molecule has 1 aliphatic rings. The van der Waals surface area contributed by atoms with Crippen LogP contribution < -0.4 is 14.9 Å². The predicted molar refractivity (Wildman–Crippen MR) is 133 cm³/mol. The monoisotopic (exact) mass is 542 g/mol. The first-order chi connectivity index (χ1) is 16.5. The van der Waals surface area contributed by atoms with E-state index in [-0.39, 0.29) is 43.1 Å². The highest BCUT2D eigenvalue weighted by molar-refractivity contribution is 7.92. The van der Waals surface area contributed by atoms with Gasteiger partial charge in [0.25, 0.3) is 5.91 Å². The van der Waals surface area contributed by atoms with Gasteiger partial charge in [-0.05, 0) is 42.8 Å². The second-order valence-corrected chi connectivity index (χ2v) is 11.1. The third-order valence-corrected chi connectivity index (χ3v) is 7.61. The highest BCUT2D eigenvalue weighted by Gasteiger charge is 2.36. The van der Waals surface area contributed by atoms with Gasteiger partial charge in [-0.25, -0.2) is 12.8 Å². The summed E-state index contributed by atoms with van der Waals surface area (Å²) in [5.41, 5.74) is 0.0124. The second-order valence-electron chi connectivity index (χ2n) is 7.75. The van der Waals surface area contributed by atoms with Crippen molar-refractivity contribution in [2.75, 3.05) is 32.1 Å². The Bertz CT molecular complexity index is 1260. The molecule has 1 unspecified atom stereocenters. The van der Waals surface area contributed by atoms with Gasteiger partial charge in [-0.1, -0.05) is 11.6 Å². The van der Waals surface area contributed by atoms with E-state index < -0.39 is 33.7 Å². The molecule has 1 atom stereocenters. The van der Waals surface area contributed by atoms with E-state index in [1.165, 1.54) is 48.5 Å². The number of thiophene rings is 1. The van der Waals surface area contributed by atoms with Crippen LogP contribution in [0.25, 0.3) is 6.08 Å². The number of hydrogen-bond donors (Lipinski definition) is 2. The van der Waals surface area contributed by atoms with Crippen molar-refractivity contribution in [3.05, 3.63) is 56.3 Å². The highest BCUT2D eigenvalue weighted by atomic mass is 35.5. The minimum absolute atomic E-state index is 0.0509. The van der Waals surface area contributed by atoms with Crippen molar-refractivity contribution in [2.45, 2.75) is 18.9 Å². The van der Waals surface area contributed by atoms with Crippen LogP contribution in [-0.2, 0) is 19.6 Å². The number of sulfonamides is 1. The fourth-order valence-corrected chi connectivity index (χ4v) is 5.48. The summed E-state index contributed by atoms with van der Waals surface area (Å²) in [6, 6.07) is 5.97. The second kappa shape index (κ2) is 11.3. The Kier molecular flexibility index (Phi) is 8.65. The van der Waals surface area contributed by atoms with Crippen molar-refractivity contribution in [1.29, 1.82) is 0 Å². The molecular weight excluding hydrogens is 519 g/mol. The Morgan fingerprint density at radius 2 is 2.06 bits per heavy atom. The summed E-state index contributed by atoms with van der Waals surface area (Å²) in [4.78, 5) is 39.8. The number of nitrogens with one attached hydrogen (secondary N) is 2. The van der Waals surface area contributed by atoms with E-state index in [0.717, 1.165) is 16.4 Å². The fourth-order valence-electron chi connectivity index (χ4n) is 3.42. The largest absolute Gasteiger partial charge is 0.359 e. The van der Waals surface area contributed by atoms with Gasteiger partial charge in [0.2, 0.25) is 21.8 Å². The Hall–Kier alpha value is -2.80. The lowest BCUT2D eigenvalue weighted by molar-refractivity contribution is -0.121. The molecule has 2 aromatic rings. The van der Waals surface area contributed by atoms with Crippen molar-refractivity contribution >= 4 is 62.4 Å². The summed E-state index contributed by atoms with van der Waals surface area (Å²) in [6.07, 6.45) is 1.63. The molecule has 9 nitrogen and oxygen atoms in total. The van der Waals surface area contributed by atoms with Crippen LogP contribution in [0.15, 0.2) is 35.7 Å². The average molecular weight is 543 g/mol. The number of halogens is 2. The van der Waals surface area contributed by atoms with E-state index in [1.807, 2.05) is 0 Å². The third kappa shape index (κ3) is 6.88. The van der Waals surface area contributed by atoms with Gasteiger partial charge in [0.1, 0.15) is 11.9 Å². The molecule has 0 saturated carbocycles. The Morgan fingerprint density at radius 1 is 1.31 bits per heavy atom. The van der Waals surface area contributed by atoms with Crippen LogP contribution in [-0.4, -0.2) is 64.3 Å². The van der Waals surface area contributed by atoms with Crippen LogP contribution >= 0.6 is 22.9 Å². The topological polar surface area (TPSA) is 116 Å². The van der Waals surface area contributed by atoms with Crippen LogP contribution in [0.5, 0.6) is 0 Å². The standard InChI is InChI=1S/C22H24ClFN4O5S2/c1-25-20(29)8-10-27(2)21(30)14-3-5-18(16(24)13-14)28-11-7-17(22(28)31)26-35(32,33)12-9-15-4-6-19(23)34-15/h3-6,9,12-13,17,26H,7-8,10-11H2,1-2H3,(H,25,29)/b12-9+. The maximum atomic E-state index is 14.9. The molecule has 0 radical (unpaired) electrons. The molecule has 0 spiro atoms. The number of hydrogen-bond acceptors (Lipinski definition) is 6. The van der Waals surface area contributed by atoms with Crippen LogP contribution in [0.2, 0.25) is 4.34 Å². The molecule has 2 N–H and O–H groups in total. The SMILES string of the molecule is CNC(=O)CCN(C)C(=O)c1ccc(N2CCC(NS(=O)(=O)/C=C/c3ccc(Cl)s3)C2=O)c(F)c1. The zero-order valence-corrected chi connectivity index (χ0v) is 21.3. The molecule has 35 heavy (non-hydrogen) atoms. The number of nitrogens with zero attached hydrogens (tertiary/aromatic N) is 2. The summed E-state index contributed by atoms with van der Waals surface area (Å²) in [7, 11) is -0.940. The Labute approximate surface area is 211 Å². The molecule has 1 aliphatic heterocycles. The maximum absolute atomic E-state index is 14.9. The molecule has 0 bridgehead atoms. The van der Waals surface area contributed by atoms with Gasteiger partial charge in [0, 0.05) is 49.5 Å². The zero-order chi connectivity index (χ0) is 25.8. The fraction of sp³-hybridized carbons (Fsp3) is 0.318. The van der Waals surface area contributed by atoms with Crippen molar-refractivity contribution in [2.24, 2.45) is 0 Å². The van der Waals surface area contributed by atoms with Gasteiger partial charge in [0.05, 0.1) is 10.0 Å². The number of anilines is 1. The molecule has 3 rings (SSSR count). The van der Waals surface area contributed by atoms with Crippen molar-refractivity contribution < 1.29 is 27.2 Å². The van der Waals surface area contributed by atoms with Gasteiger partial charge in [0.15, 0.2) is 0 Å². The molecule has 2 heterocycles. The van der Waals surface area contributed by atoms with E-state index in [2.05, 4.69) is 10.0 Å². The molecule has 1 saturated heterocycles. The van der Waals surface area contributed by atoms with Crippen molar-refractivity contribution in [1.82, 2.24) is 14.9 Å². The molecule has 1 aromatic carbocycles. The number of amides is 3. The van der Waals surface area contributed by atoms with E-state index >= 15 is 0 Å². The highest BCUT2D eigenvalue weighted by Crippen LogP contribution is 2.27. The predicted octanol–water partition coefficient (Wildman–Crippen LogP) is 2.44. The molecular formula is C22H24ClFN4O5S2. The van der Waals surface area contributed by atoms with Gasteiger partial charge in [-0.2, -0.15) is 4.72 Å². The minimum atomic E-state index is -3.93. The Morgan fingerprint density at radius 3 is 2.69 bits per heavy atom. The van der Waals surface area contributed by atoms with Crippen LogP contribution in [0.1, 0.15) is 28.1 Å². The van der Waals surface area contributed by atoms with Gasteiger partial charge < -0.3 is 15.1 Å². The van der Waals surface area contributed by atoms with Crippen LogP contribution in [0.4, 0.5) is 10.1 Å². The lowest BCUT2D eigenvalue weighted by atomic mass is 10.1. The number of carbonyl (C=O) groups excluding carboxylic acids is 3. The van der Waals surface area contributed by atoms with E-state index in [9.17, 15) is 27.2 Å². The third-order valence-electron chi connectivity index (χ3n) is 5.30. The number of rotatable bonds is 9. The normalized spacial score (nSPS) is 16.2. The maximum Gasteiger partial charge on any atom is 0.253 e. The first kappa shape index (κ1) is 26.8. The summed E-state index contributed by atoms with van der Waals surface area (Å²) in [6.45, 7) is 0.259. The van der Waals surface area contributed by atoms with Crippen molar-refractivity contribution in [3.63, 3.8) is 0 Å². The summed E-state index contributed by atoms with van der Waals surface area (Å²) in [5, 5.41) is 3.41. The molecule has 188 valence electrons. The lowest BCUT2D eigenvalue weighted by Gasteiger charge is -2.20. The first-order valence-electron chi connectivity index (χ1n) is 10.5. The summed E-state index contributed by atoms with van der Waals surface area (Å²) < 4.78 is 42.5. The first-order valence-corrected chi connectivity index (χ1v) is 13.3.